The third kappa shape index (κ3) is 4.26. The van der Waals surface area contributed by atoms with Crippen molar-refractivity contribution in [3.8, 4) is 0 Å². The lowest BCUT2D eigenvalue weighted by Crippen LogP contribution is -2.44. The molecular formula is C16H19F2NO3. The molecule has 1 aliphatic heterocycles. The summed E-state index contributed by atoms with van der Waals surface area (Å²) in [5, 5.41) is 8.78. The molecule has 1 unspecified atom stereocenters. The topological polar surface area (TPSA) is 57.6 Å². The van der Waals surface area contributed by atoms with Gasteiger partial charge in [0.1, 0.15) is 11.6 Å². The molecule has 1 atom stereocenters. The van der Waals surface area contributed by atoms with E-state index in [2.05, 4.69) is 0 Å². The summed E-state index contributed by atoms with van der Waals surface area (Å²) in [4.78, 5) is 24.7. The maximum atomic E-state index is 13.6. The Morgan fingerprint density at radius 3 is 2.77 bits per heavy atom. The van der Waals surface area contributed by atoms with Crippen LogP contribution in [-0.4, -0.2) is 34.5 Å². The zero-order chi connectivity index (χ0) is 16.1. The molecule has 1 aliphatic rings. The number of piperidine rings is 1. The van der Waals surface area contributed by atoms with E-state index < -0.39 is 17.6 Å². The number of amides is 1. The molecule has 0 bridgehead atoms. The van der Waals surface area contributed by atoms with Crippen molar-refractivity contribution in [2.45, 2.75) is 44.6 Å². The molecule has 2 rings (SSSR count). The average Bonchev–Trinajstić information content (AvgIpc) is 2.49. The van der Waals surface area contributed by atoms with Gasteiger partial charge in [0.15, 0.2) is 0 Å². The molecular weight excluding hydrogens is 292 g/mol. The second-order valence-electron chi connectivity index (χ2n) is 5.58. The van der Waals surface area contributed by atoms with E-state index in [4.69, 9.17) is 5.11 Å². The lowest BCUT2D eigenvalue weighted by atomic mass is 9.97. The molecule has 22 heavy (non-hydrogen) atoms. The van der Waals surface area contributed by atoms with Crippen LogP contribution in [0.2, 0.25) is 0 Å². The minimum absolute atomic E-state index is 0.00275. The highest BCUT2D eigenvalue weighted by Gasteiger charge is 2.27. The number of hydrogen-bond donors (Lipinski definition) is 1. The molecule has 1 heterocycles. The van der Waals surface area contributed by atoms with E-state index in [-0.39, 0.29) is 30.4 Å². The summed E-state index contributed by atoms with van der Waals surface area (Å²) in [5.41, 5.74) is 0.0348. The Hall–Kier alpha value is -1.98. The quantitative estimate of drug-likeness (QED) is 0.909. The number of carbonyl (C=O) groups is 2. The molecule has 0 radical (unpaired) electrons. The van der Waals surface area contributed by atoms with Gasteiger partial charge in [-0.25, -0.2) is 8.78 Å². The van der Waals surface area contributed by atoms with Gasteiger partial charge in [0.2, 0.25) is 5.91 Å². The maximum absolute atomic E-state index is 13.6. The summed E-state index contributed by atoms with van der Waals surface area (Å²) < 4.78 is 26.8. The molecule has 0 spiro atoms. The van der Waals surface area contributed by atoms with Crippen LogP contribution < -0.4 is 0 Å². The maximum Gasteiger partial charge on any atom is 0.303 e. The minimum Gasteiger partial charge on any atom is -0.481 e. The van der Waals surface area contributed by atoms with Crippen LogP contribution in [0, 0.1) is 11.6 Å². The molecule has 1 saturated heterocycles. The van der Waals surface area contributed by atoms with Gasteiger partial charge < -0.3 is 10.0 Å². The molecule has 120 valence electrons. The summed E-state index contributed by atoms with van der Waals surface area (Å²) in [5.74, 6) is -2.35. The number of carboxylic acids is 1. The highest BCUT2D eigenvalue weighted by Crippen LogP contribution is 2.22. The van der Waals surface area contributed by atoms with Crippen molar-refractivity contribution in [2.24, 2.45) is 0 Å². The SMILES string of the molecule is O=C(O)CCC1CCCCN1C(=O)Cc1cc(F)ccc1F. The highest BCUT2D eigenvalue weighted by atomic mass is 19.1. The number of benzene rings is 1. The third-order valence-corrected chi connectivity index (χ3v) is 3.99. The minimum atomic E-state index is -0.894. The summed E-state index contributed by atoms with van der Waals surface area (Å²) in [6, 6.07) is 2.92. The molecule has 1 aromatic rings. The van der Waals surface area contributed by atoms with Crippen molar-refractivity contribution >= 4 is 11.9 Å². The van der Waals surface area contributed by atoms with E-state index in [1.54, 1.807) is 4.90 Å². The fourth-order valence-electron chi connectivity index (χ4n) is 2.86. The van der Waals surface area contributed by atoms with Crippen molar-refractivity contribution in [2.75, 3.05) is 6.54 Å². The van der Waals surface area contributed by atoms with Crippen molar-refractivity contribution in [1.82, 2.24) is 4.90 Å². The second-order valence-corrected chi connectivity index (χ2v) is 5.58. The van der Waals surface area contributed by atoms with Gasteiger partial charge in [-0.05, 0) is 43.9 Å². The summed E-state index contributed by atoms with van der Waals surface area (Å²) >= 11 is 0. The Kier molecular flexibility index (Phi) is 5.46. The predicted octanol–water partition coefficient (Wildman–Crippen LogP) is 2.75. The van der Waals surface area contributed by atoms with Gasteiger partial charge in [-0.3, -0.25) is 9.59 Å². The largest absolute Gasteiger partial charge is 0.481 e. The van der Waals surface area contributed by atoms with Crippen LogP contribution >= 0.6 is 0 Å². The Bertz CT molecular complexity index is 562. The Morgan fingerprint density at radius 1 is 1.27 bits per heavy atom. The smallest absolute Gasteiger partial charge is 0.303 e. The number of carboxylic acid groups (broad SMARTS) is 1. The van der Waals surface area contributed by atoms with Crippen LogP contribution in [0.25, 0.3) is 0 Å². The number of rotatable bonds is 5. The normalized spacial score (nSPS) is 18.3. The first kappa shape index (κ1) is 16.4. The van der Waals surface area contributed by atoms with Gasteiger partial charge in [-0.1, -0.05) is 0 Å². The van der Waals surface area contributed by atoms with Gasteiger partial charge in [-0.2, -0.15) is 0 Å². The van der Waals surface area contributed by atoms with E-state index in [0.717, 1.165) is 37.5 Å². The zero-order valence-electron chi connectivity index (χ0n) is 12.2. The molecule has 1 N–H and O–H groups in total. The summed E-state index contributed by atoms with van der Waals surface area (Å²) in [6.45, 7) is 0.542. The Morgan fingerprint density at radius 2 is 2.05 bits per heavy atom. The first-order valence-electron chi connectivity index (χ1n) is 7.42. The van der Waals surface area contributed by atoms with E-state index in [0.29, 0.717) is 13.0 Å². The molecule has 0 aliphatic carbocycles. The van der Waals surface area contributed by atoms with Gasteiger partial charge in [0.05, 0.1) is 6.42 Å². The second kappa shape index (κ2) is 7.33. The molecule has 0 aromatic heterocycles. The first-order valence-corrected chi connectivity index (χ1v) is 7.42. The van der Waals surface area contributed by atoms with Crippen LogP contribution in [0.3, 0.4) is 0 Å². The van der Waals surface area contributed by atoms with Crippen molar-refractivity contribution in [3.05, 3.63) is 35.4 Å². The molecule has 1 amide bonds. The van der Waals surface area contributed by atoms with Gasteiger partial charge >= 0.3 is 5.97 Å². The van der Waals surface area contributed by atoms with E-state index in [1.165, 1.54) is 0 Å². The molecule has 6 heteroatoms. The fourth-order valence-corrected chi connectivity index (χ4v) is 2.86. The summed E-state index contributed by atoms with van der Waals surface area (Å²) in [6.07, 6.45) is 2.75. The van der Waals surface area contributed by atoms with Crippen LogP contribution in [-0.2, 0) is 16.0 Å². The highest BCUT2D eigenvalue weighted by molar-refractivity contribution is 5.79. The van der Waals surface area contributed by atoms with E-state index in [1.807, 2.05) is 0 Å². The first-order chi connectivity index (χ1) is 10.5. The number of carbonyl (C=O) groups excluding carboxylic acids is 1. The lowest BCUT2D eigenvalue weighted by Gasteiger charge is -2.35. The zero-order valence-corrected chi connectivity index (χ0v) is 12.2. The number of likely N-dealkylation sites (tertiary alicyclic amines) is 1. The Balaban J connectivity index is 2.05. The van der Waals surface area contributed by atoms with Gasteiger partial charge in [0, 0.05) is 24.6 Å². The predicted molar refractivity (Wildman–Crippen MR) is 76.3 cm³/mol. The third-order valence-electron chi connectivity index (χ3n) is 3.99. The van der Waals surface area contributed by atoms with Crippen LogP contribution in [0.4, 0.5) is 8.78 Å². The molecule has 0 saturated carbocycles. The Labute approximate surface area is 127 Å². The standard InChI is InChI=1S/C16H19F2NO3/c17-12-4-6-14(18)11(9-12)10-15(20)19-8-2-1-3-13(19)5-7-16(21)22/h4,6,9,13H,1-3,5,7-8,10H2,(H,21,22). The van der Waals surface area contributed by atoms with E-state index in [9.17, 15) is 18.4 Å². The number of aliphatic carboxylic acids is 1. The monoisotopic (exact) mass is 311 g/mol. The average molecular weight is 311 g/mol. The molecule has 4 nitrogen and oxygen atoms in total. The van der Waals surface area contributed by atoms with Crippen LogP contribution in [0.15, 0.2) is 18.2 Å². The summed E-state index contributed by atoms with van der Waals surface area (Å²) in [7, 11) is 0. The van der Waals surface area contributed by atoms with Crippen molar-refractivity contribution < 1.29 is 23.5 Å². The van der Waals surface area contributed by atoms with E-state index >= 15 is 0 Å². The van der Waals surface area contributed by atoms with Crippen LogP contribution in [0.5, 0.6) is 0 Å². The molecule has 1 fully saturated rings. The van der Waals surface area contributed by atoms with Crippen molar-refractivity contribution in [3.63, 3.8) is 0 Å². The van der Waals surface area contributed by atoms with Crippen LogP contribution in [0.1, 0.15) is 37.7 Å². The van der Waals surface area contributed by atoms with Gasteiger partial charge in [-0.15, -0.1) is 0 Å². The number of hydrogen-bond acceptors (Lipinski definition) is 2. The number of halogens is 2. The fraction of sp³-hybridized carbons (Fsp3) is 0.500. The van der Waals surface area contributed by atoms with Gasteiger partial charge in [0.25, 0.3) is 0 Å². The number of nitrogens with zero attached hydrogens (tertiary/aromatic N) is 1. The van der Waals surface area contributed by atoms with Crippen molar-refractivity contribution in [1.29, 1.82) is 0 Å². The lowest BCUT2D eigenvalue weighted by molar-refractivity contribution is -0.139. The molecule has 1 aromatic carbocycles.